The fourth-order valence-electron chi connectivity index (χ4n) is 1.64. The Morgan fingerprint density at radius 2 is 2.00 bits per heavy atom. The topological polar surface area (TPSA) is 64.9 Å². The van der Waals surface area contributed by atoms with Gasteiger partial charge in [0.2, 0.25) is 5.89 Å². The van der Waals surface area contributed by atoms with Crippen LogP contribution < -0.4 is 5.73 Å². The maximum atomic E-state index is 6.07. The number of aromatic nitrogens is 2. The van der Waals surface area contributed by atoms with Crippen molar-refractivity contribution in [1.82, 2.24) is 10.2 Å². The maximum Gasteiger partial charge on any atom is 0.276 e. The van der Waals surface area contributed by atoms with Gasteiger partial charge < -0.3 is 10.2 Å². The first-order chi connectivity index (χ1) is 9.60. The summed E-state index contributed by atoms with van der Waals surface area (Å²) >= 11 is 7.35. The molecule has 2 atom stereocenters. The Morgan fingerprint density at radius 3 is 2.65 bits per heavy atom. The lowest BCUT2D eigenvalue weighted by molar-refractivity contribution is 0.333. The number of benzene rings is 1. The summed E-state index contributed by atoms with van der Waals surface area (Å²) in [5.74, 6) is 1.60. The normalized spacial score (nSPS) is 14.2. The molecule has 0 aliphatic carbocycles. The van der Waals surface area contributed by atoms with E-state index in [1.165, 1.54) is 11.8 Å². The highest BCUT2D eigenvalue weighted by molar-refractivity contribution is 7.98. The summed E-state index contributed by atoms with van der Waals surface area (Å²) in [4.78, 5) is 0. The summed E-state index contributed by atoms with van der Waals surface area (Å²) in [6, 6.07) is 7.51. The Labute approximate surface area is 128 Å². The molecule has 0 saturated heterocycles. The van der Waals surface area contributed by atoms with Crippen molar-refractivity contribution in [3.63, 3.8) is 0 Å². The summed E-state index contributed by atoms with van der Waals surface area (Å²) in [5.41, 5.74) is 7.22. The van der Waals surface area contributed by atoms with Gasteiger partial charge in [0.25, 0.3) is 5.22 Å². The molecule has 0 bridgehead atoms. The molecule has 108 valence electrons. The van der Waals surface area contributed by atoms with Crippen molar-refractivity contribution in [2.75, 3.05) is 0 Å². The minimum Gasteiger partial charge on any atom is -0.414 e. The lowest BCUT2D eigenvalue weighted by Gasteiger charge is -2.13. The average molecular weight is 312 g/mol. The molecule has 0 saturated carbocycles. The molecule has 0 fully saturated rings. The average Bonchev–Trinajstić information content (AvgIpc) is 2.94. The van der Waals surface area contributed by atoms with Crippen LogP contribution in [0.2, 0.25) is 5.02 Å². The maximum absolute atomic E-state index is 6.07. The lowest BCUT2D eigenvalue weighted by Crippen LogP contribution is -2.18. The molecule has 1 aromatic heterocycles. The van der Waals surface area contributed by atoms with E-state index in [1.807, 2.05) is 24.3 Å². The summed E-state index contributed by atoms with van der Waals surface area (Å²) in [5, 5.41) is 9.34. The lowest BCUT2D eigenvalue weighted by atomic mass is 10.0. The quantitative estimate of drug-likeness (QED) is 0.815. The Bertz CT molecular complexity index is 544. The molecule has 1 unspecified atom stereocenters. The Morgan fingerprint density at radius 1 is 1.30 bits per heavy atom. The van der Waals surface area contributed by atoms with Crippen molar-refractivity contribution in [2.24, 2.45) is 11.7 Å². The van der Waals surface area contributed by atoms with E-state index < -0.39 is 0 Å². The van der Waals surface area contributed by atoms with E-state index in [1.54, 1.807) is 0 Å². The standard InChI is InChI=1S/C14H18ClN3OS/c1-3-9(2)12(16)13-17-18-14(19-13)20-8-10-4-6-11(15)7-5-10/h4-7,9,12H,3,8,16H2,1-2H3/t9?,12-/m0/s1. The van der Waals surface area contributed by atoms with E-state index in [-0.39, 0.29) is 6.04 Å². The van der Waals surface area contributed by atoms with Crippen molar-refractivity contribution in [2.45, 2.75) is 37.3 Å². The van der Waals surface area contributed by atoms with E-state index >= 15 is 0 Å². The zero-order valence-electron chi connectivity index (χ0n) is 11.5. The zero-order chi connectivity index (χ0) is 14.5. The van der Waals surface area contributed by atoms with Gasteiger partial charge in [-0.15, -0.1) is 10.2 Å². The Balaban J connectivity index is 1.94. The van der Waals surface area contributed by atoms with Gasteiger partial charge in [0.1, 0.15) is 0 Å². The first kappa shape index (κ1) is 15.4. The highest BCUT2D eigenvalue weighted by Crippen LogP contribution is 2.26. The summed E-state index contributed by atoms with van der Waals surface area (Å²) < 4.78 is 5.60. The Kier molecular flexibility index (Phi) is 5.46. The van der Waals surface area contributed by atoms with Crippen molar-refractivity contribution < 1.29 is 4.42 Å². The van der Waals surface area contributed by atoms with Gasteiger partial charge in [-0.25, -0.2) is 0 Å². The molecular formula is C14H18ClN3OS. The third-order valence-electron chi connectivity index (χ3n) is 3.24. The zero-order valence-corrected chi connectivity index (χ0v) is 13.1. The predicted octanol–water partition coefficient (Wildman–Crippen LogP) is 4.06. The molecule has 2 rings (SSSR count). The minimum atomic E-state index is -0.197. The number of hydrogen-bond acceptors (Lipinski definition) is 5. The number of thioether (sulfide) groups is 1. The van der Waals surface area contributed by atoms with Gasteiger partial charge in [-0.05, 0) is 23.6 Å². The predicted molar refractivity (Wildman–Crippen MR) is 81.7 cm³/mol. The smallest absolute Gasteiger partial charge is 0.276 e. The second-order valence-electron chi connectivity index (χ2n) is 4.73. The van der Waals surface area contributed by atoms with Gasteiger partial charge in [-0.3, -0.25) is 0 Å². The van der Waals surface area contributed by atoms with Crippen LogP contribution in [0.3, 0.4) is 0 Å². The van der Waals surface area contributed by atoms with Crippen molar-refractivity contribution in [3.8, 4) is 0 Å². The molecule has 2 N–H and O–H groups in total. The van der Waals surface area contributed by atoms with Gasteiger partial charge in [-0.2, -0.15) is 0 Å². The highest BCUT2D eigenvalue weighted by atomic mass is 35.5. The van der Waals surface area contributed by atoms with Crippen LogP contribution in [0.4, 0.5) is 0 Å². The molecule has 4 nitrogen and oxygen atoms in total. The Hall–Kier alpha value is -1.04. The third kappa shape index (κ3) is 3.98. The van der Waals surface area contributed by atoms with E-state index in [0.717, 1.165) is 22.8 Å². The fourth-order valence-corrected chi connectivity index (χ4v) is 2.49. The van der Waals surface area contributed by atoms with E-state index in [2.05, 4.69) is 24.0 Å². The number of hydrogen-bond donors (Lipinski definition) is 1. The second-order valence-corrected chi connectivity index (χ2v) is 6.10. The van der Waals surface area contributed by atoms with Crippen molar-refractivity contribution in [3.05, 3.63) is 40.7 Å². The monoisotopic (exact) mass is 311 g/mol. The first-order valence-electron chi connectivity index (χ1n) is 6.56. The van der Waals surface area contributed by atoms with Crippen LogP contribution >= 0.6 is 23.4 Å². The van der Waals surface area contributed by atoms with E-state index in [4.69, 9.17) is 21.8 Å². The molecule has 0 aliphatic heterocycles. The number of halogens is 1. The largest absolute Gasteiger partial charge is 0.414 e. The first-order valence-corrected chi connectivity index (χ1v) is 7.92. The van der Waals surface area contributed by atoms with E-state index in [9.17, 15) is 0 Å². The van der Waals surface area contributed by atoms with Crippen LogP contribution in [-0.2, 0) is 5.75 Å². The van der Waals surface area contributed by atoms with Crippen LogP contribution in [-0.4, -0.2) is 10.2 Å². The second kappa shape index (κ2) is 7.11. The van der Waals surface area contributed by atoms with Crippen LogP contribution in [0.1, 0.15) is 37.8 Å². The van der Waals surface area contributed by atoms with Crippen LogP contribution in [0.15, 0.2) is 33.9 Å². The van der Waals surface area contributed by atoms with Crippen molar-refractivity contribution in [1.29, 1.82) is 0 Å². The molecule has 6 heteroatoms. The molecule has 0 spiro atoms. The highest BCUT2D eigenvalue weighted by Gasteiger charge is 2.19. The molecule has 20 heavy (non-hydrogen) atoms. The number of nitrogens with two attached hydrogens (primary N) is 1. The van der Waals surface area contributed by atoms with Gasteiger partial charge in [0.05, 0.1) is 6.04 Å². The molecule has 0 aliphatic rings. The van der Waals surface area contributed by atoms with Gasteiger partial charge in [-0.1, -0.05) is 55.8 Å². The molecule has 0 amide bonds. The van der Waals surface area contributed by atoms with E-state index in [0.29, 0.717) is 17.0 Å². The summed E-state index contributed by atoms with van der Waals surface area (Å²) in [7, 11) is 0. The van der Waals surface area contributed by atoms with Gasteiger partial charge in [0, 0.05) is 10.8 Å². The van der Waals surface area contributed by atoms with Gasteiger partial charge >= 0.3 is 0 Å². The van der Waals surface area contributed by atoms with Crippen LogP contribution in [0.5, 0.6) is 0 Å². The fraction of sp³-hybridized carbons (Fsp3) is 0.429. The molecule has 0 radical (unpaired) electrons. The summed E-state index contributed by atoms with van der Waals surface area (Å²) in [6.45, 7) is 4.17. The molecular weight excluding hydrogens is 294 g/mol. The van der Waals surface area contributed by atoms with Crippen molar-refractivity contribution >= 4 is 23.4 Å². The third-order valence-corrected chi connectivity index (χ3v) is 4.38. The molecule has 2 aromatic rings. The molecule has 1 aromatic carbocycles. The minimum absolute atomic E-state index is 0.197. The van der Waals surface area contributed by atoms with Crippen LogP contribution in [0, 0.1) is 5.92 Å². The number of nitrogens with zero attached hydrogens (tertiary/aromatic N) is 2. The summed E-state index contributed by atoms with van der Waals surface area (Å²) in [6.07, 6.45) is 0.983. The molecule has 1 heterocycles. The van der Waals surface area contributed by atoms with Crippen LogP contribution in [0.25, 0.3) is 0 Å². The SMILES string of the molecule is CCC(C)[C@H](N)c1nnc(SCc2ccc(Cl)cc2)o1. The number of rotatable bonds is 6. The van der Waals surface area contributed by atoms with Gasteiger partial charge in [0.15, 0.2) is 0 Å².